The number of nitrogens with zero attached hydrogens (tertiary/aromatic N) is 2. The summed E-state index contributed by atoms with van der Waals surface area (Å²) in [5, 5.41) is 0. The van der Waals surface area contributed by atoms with Crippen molar-refractivity contribution in [2.75, 3.05) is 33.3 Å². The van der Waals surface area contributed by atoms with Crippen molar-refractivity contribution in [1.29, 1.82) is 0 Å². The molecule has 0 spiro atoms. The van der Waals surface area contributed by atoms with Crippen LogP contribution in [-0.2, 0) is 16.0 Å². The van der Waals surface area contributed by atoms with Gasteiger partial charge in [0.05, 0.1) is 13.5 Å². The number of hydrogen-bond donors (Lipinski definition) is 0. The van der Waals surface area contributed by atoms with Crippen molar-refractivity contribution < 1.29 is 19.1 Å². The van der Waals surface area contributed by atoms with Gasteiger partial charge in [-0.25, -0.2) is 4.79 Å². The average Bonchev–Trinajstić information content (AvgIpc) is 2.60. The number of benzene rings is 1. The Morgan fingerprint density at radius 1 is 1.15 bits per heavy atom. The number of piperazine rings is 1. The Bertz CT molecular complexity index is 671. The lowest BCUT2D eigenvalue weighted by atomic mass is 10.1. The Morgan fingerprint density at radius 3 is 2.31 bits per heavy atom. The van der Waals surface area contributed by atoms with E-state index in [0.717, 1.165) is 16.9 Å². The van der Waals surface area contributed by atoms with Crippen LogP contribution in [0.5, 0.6) is 5.75 Å². The molecule has 0 aliphatic carbocycles. The third-order valence-corrected chi connectivity index (χ3v) is 4.15. The molecule has 2 rings (SSSR count). The molecule has 0 N–H and O–H groups in total. The predicted molar refractivity (Wildman–Crippen MR) is 101 cm³/mol. The minimum Gasteiger partial charge on any atom is -0.496 e. The van der Waals surface area contributed by atoms with Crippen LogP contribution in [0.3, 0.4) is 0 Å². The van der Waals surface area contributed by atoms with Crippen LogP contribution in [0.15, 0.2) is 24.8 Å². The van der Waals surface area contributed by atoms with E-state index in [9.17, 15) is 9.59 Å². The number of ether oxygens (including phenoxy) is 2. The first-order valence-corrected chi connectivity index (χ1v) is 8.78. The van der Waals surface area contributed by atoms with Crippen LogP contribution in [0.4, 0.5) is 4.79 Å². The molecule has 1 saturated heterocycles. The van der Waals surface area contributed by atoms with Gasteiger partial charge < -0.3 is 19.3 Å². The largest absolute Gasteiger partial charge is 0.496 e. The Hall–Kier alpha value is -2.50. The van der Waals surface area contributed by atoms with Crippen LogP contribution in [0, 0.1) is 0 Å². The normalized spacial score (nSPS) is 14.8. The predicted octanol–water partition coefficient (Wildman–Crippen LogP) is 2.96. The van der Waals surface area contributed by atoms with Crippen molar-refractivity contribution in [2.45, 2.75) is 32.8 Å². The summed E-state index contributed by atoms with van der Waals surface area (Å²) < 4.78 is 10.6. The summed E-state index contributed by atoms with van der Waals surface area (Å²) in [4.78, 5) is 28.1. The van der Waals surface area contributed by atoms with Crippen LogP contribution >= 0.6 is 0 Å². The lowest BCUT2D eigenvalue weighted by Gasteiger charge is -2.35. The van der Waals surface area contributed by atoms with Crippen LogP contribution in [0.2, 0.25) is 0 Å². The number of amides is 2. The molecule has 1 heterocycles. The van der Waals surface area contributed by atoms with E-state index in [0.29, 0.717) is 32.6 Å². The van der Waals surface area contributed by atoms with E-state index in [1.54, 1.807) is 23.0 Å². The summed E-state index contributed by atoms with van der Waals surface area (Å²) in [6.45, 7) is 11.3. The zero-order valence-corrected chi connectivity index (χ0v) is 16.1. The second kappa shape index (κ2) is 8.25. The molecular weight excluding hydrogens is 332 g/mol. The van der Waals surface area contributed by atoms with E-state index < -0.39 is 5.60 Å². The molecule has 6 heteroatoms. The smallest absolute Gasteiger partial charge is 0.410 e. The fourth-order valence-corrected chi connectivity index (χ4v) is 2.80. The van der Waals surface area contributed by atoms with E-state index in [2.05, 4.69) is 6.58 Å². The first-order chi connectivity index (χ1) is 12.2. The molecule has 1 aliphatic heterocycles. The van der Waals surface area contributed by atoms with E-state index in [1.807, 2.05) is 39.0 Å². The van der Waals surface area contributed by atoms with E-state index in [1.165, 1.54) is 0 Å². The molecular formula is C20H28N2O4. The van der Waals surface area contributed by atoms with Crippen LogP contribution < -0.4 is 4.74 Å². The number of hydrogen-bond acceptors (Lipinski definition) is 4. The molecule has 1 aliphatic rings. The van der Waals surface area contributed by atoms with Crippen molar-refractivity contribution in [3.63, 3.8) is 0 Å². The highest BCUT2D eigenvalue weighted by molar-refractivity contribution is 5.79. The van der Waals surface area contributed by atoms with Crippen molar-refractivity contribution in [1.82, 2.24) is 9.80 Å². The Balaban J connectivity index is 1.90. The number of methoxy groups -OCH3 is 1. The highest BCUT2D eigenvalue weighted by Gasteiger charge is 2.27. The number of carbonyl (C=O) groups excluding carboxylic acids is 2. The maximum atomic E-state index is 12.6. The summed E-state index contributed by atoms with van der Waals surface area (Å²) in [7, 11) is 1.61. The van der Waals surface area contributed by atoms with Crippen LogP contribution in [0.25, 0.3) is 6.08 Å². The molecule has 2 amide bonds. The monoisotopic (exact) mass is 360 g/mol. The molecule has 142 valence electrons. The number of rotatable bonds is 4. The van der Waals surface area contributed by atoms with Crippen molar-refractivity contribution in [3.05, 3.63) is 35.9 Å². The zero-order valence-electron chi connectivity index (χ0n) is 16.1. The SMILES string of the molecule is C=Cc1cc(CC(=O)N2CCN(C(=O)OC(C)(C)C)CC2)ccc1OC. The summed E-state index contributed by atoms with van der Waals surface area (Å²) in [5.74, 6) is 0.788. The Kier molecular flexibility index (Phi) is 6.29. The topological polar surface area (TPSA) is 59.1 Å². The van der Waals surface area contributed by atoms with Gasteiger partial charge in [-0.2, -0.15) is 0 Å². The zero-order chi connectivity index (χ0) is 19.3. The maximum Gasteiger partial charge on any atom is 0.410 e. The van der Waals surface area contributed by atoms with Gasteiger partial charge >= 0.3 is 6.09 Å². The first-order valence-electron chi connectivity index (χ1n) is 8.78. The highest BCUT2D eigenvalue weighted by atomic mass is 16.6. The van der Waals surface area contributed by atoms with Crippen molar-refractivity contribution >= 4 is 18.1 Å². The fraction of sp³-hybridized carbons (Fsp3) is 0.500. The van der Waals surface area contributed by atoms with Gasteiger partial charge in [0.25, 0.3) is 0 Å². The van der Waals surface area contributed by atoms with E-state index >= 15 is 0 Å². The third-order valence-electron chi connectivity index (χ3n) is 4.15. The maximum absolute atomic E-state index is 12.6. The lowest BCUT2D eigenvalue weighted by Crippen LogP contribution is -2.52. The van der Waals surface area contributed by atoms with E-state index in [4.69, 9.17) is 9.47 Å². The lowest BCUT2D eigenvalue weighted by molar-refractivity contribution is -0.132. The molecule has 6 nitrogen and oxygen atoms in total. The molecule has 0 aromatic heterocycles. The molecule has 0 radical (unpaired) electrons. The summed E-state index contributed by atoms with van der Waals surface area (Å²) in [6, 6.07) is 5.65. The van der Waals surface area contributed by atoms with Gasteiger partial charge in [0.1, 0.15) is 11.4 Å². The highest BCUT2D eigenvalue weighted by Crippen LogP contribution is 2.21. The quantitative estimate of drug-likeness (QED) is 0.828. The van der Waals surface area contributed by atoms with Gasteiger partial charge in [-0.3, -0.25) is 4.79 Å². The van der Waals surface area contributed by atoms with Gasteiger partial charge in [-0.1, -0.05) is 18.7 Å². The van der Waals surface area contributed by atoms with Gasteiger partial charge in [-0.15, -0.1) is 0 Å². The Labute approximate surface area is 155 Å². The average molecular weight is 360 g/mol. The molecule has 1 aromatic rings. The van der Waals surface area contributed by atoms with Gasteiger partial charge in [0.15, 0.2) is 0 Å². The number of carbonyl (C=O) groups is 2. The van der Waals surface area contributed by atoms with Crippen LogP contribution in [-0.4, -0.2) is 60.7 Å². The van der Waals surface area contributed by atoms with Crippen LogP contribution in [0.1, 0.15) is 31.9 Å². The minimum atomic E-state index is -0.513. The van der Waals surface area contributed by atoms with E-state index in [-0.39, 0.29) is 12.0 Å². The Morgan fingerprint density at radius 2 is 1.77 bits per heavy atom. The summed E-state index contributed by atoms with van der Waals surface area (Å²) >= 11 is 0. The summed E-state index contributed by atoms with van der Waals surface area (Å²) in [5.41, 5.74) is 1.27. The second-order valence-electron chi connectivity index (χ2n) is 7.31. The molecule has 0 atom stereocenters. The second-order valence-corrected chi connectivity index (χ2v) is 7.31. The third kappa shape index (κ3) is 5.25. The van der Waals surface area contributed by atoms with Crippen molar-refractivity contribution in [3.8, 4) is 5.75 Å². The molecule has 0 bridgehead atoms. The van der Waals surface area contributed by atoms with Gasteiger partial charge in [0.2, 0.25) is 5.91 Å². The van der Waals surface area contributed by atoms with Gasteiger partial charge in [-0.05, 0) is 38.5 Å². The summed E-state index contributed by atoms with van der Waals surface area (Å²) in [6.07, 6.45) is 1.71. The van der Waals surface area contributed by atoms with Gasteiger partial charge in [0, 0.05) is 31.7 Å². The van der Waals surface area contributed by atoms with Crippen molar-refractivity contribution in [2.24, 2.45) is 0 Å². The fourth-order valence-electron chi connectivity index (χ4n) is 2.80. The standard InChI is InChI=1S/C20H28N2O4/c1-6-16-13-15(7-8-17(16)25-5)14-18(23)21-9-11-22(12-10-21)19(24)26-20(2,3)4/h6-8,13H,1,9-12,14H2,2-5H3. The minimum absolute atomic E-state index is 0.0500. The first kappa shape index (κ1) is 19.8. The molecule has 1 aromatic carbocycles. The molecule has 1 fully saturated rings. The molecule has 26 heavy (non-hydrogen) atoms. The molecule has 0 unspecified atom stereocenters. The molecule has 0 saturated carbocycles.